The van der Waals surface area contributed by atoms with Crippen LogP contribution in [0.4, 0.5) is 0 Å². The quantitative estimate of drug-likeness (QED) is 0.732. The minimum Gasteiger partial charge on any atom is -0.467 e. The van der Waals surface area contributed by atoms with Gasteiger partial charge in [-0.25, -0.2) is 0 Å². The summed E-state index contributed by atoms with van der Waals surface area (Å²) in [5.74, 6) is 0.885. The van der Waals surface area contributed by atoms with Gasteiger partial charge in [-0.3, -0.25) is 0 Å². The molecule has 0 fully saturated rings. The third kappa shape index (κ3) is 4.73. The standard InChI is InChI=1S/C13H17NO2S/c1-3-13(16-7-1)10-15-6-2-5-14-9-12-4-8-17-11-12/h1,3-4,7-8,11,14H,2,5-6,9-10H2. The van der Waals surface area contributed by atoms with Crippen LogP contribution in [0, 0.1) is 0 Å². The first-order valence-corrected chi connectivity index (χ1v) is 6.71. The highest BCUT2D eigenvalue weighted by Gasteiger charge is 1.95. The van der Waals surface area contributed by atoms with Crippen LogP contribution in [-0.2, 0) is 17.9 Å². The molecule has 0 saturated heterocycles. The molecule has 0 spiro atoms. The van der Waals surface area contributed by atoms with Crippen LogP contribution in [0.5, 0.6) is 0 Å². The molecule has 0 aromatic carbocycles. The molecule has 0 unspecified atom stereocenters. The van der Waals surface area contributed by atoms with Crippen molar-refractivity contribution in [2.24, 2.45) is 0 Å². The minimum absolute atomic E-state index is 0.567. The van der Waals surface area contributed by atoms with E-state index in [2.05, 4.69) is 22.1 Å². The van der Waals surface area contributed by atoms with Gasteiger partial charge in [0.15, 0.2) is 0 Å². The van der Waals surface area contributed by atoms with Crippen LogP contribution < -0.4 is 5.32 Å². The highest BCUT2D eigenvalue weighted by molar-refractivity contribution is 7.07. The van der Waals surface area contributed by atoms with Crippen molar-refractivity contribution in [1.82, 2.24) is 5.32 Å². The summed E-state index contributed by atoms with van der Waals surface area (Å²) in [5, 5.41) is 7.65. The van der Waals surface area contributed by atoms with E-state index < -0.39 is 0 Å². The molecule has 0 aliphatic carbocycles. The third-order valence-corrected chi connectivity index (χ3v) is 3.11. The Morgan fingerprint density at radius 2 is 2.35 bits per heavy atom. The van der Waals surface area contributed by atoms with Crippen molar-refractivity contribution in [3.05, 3.63) is 46.5 Å². The van der Waals surface area contributed by atoms with E-state index in [0.29, 0.717) is 6.61 Å². The van der Waals surface area contributed by atoms with Crippen LogP contribution in [0.25, 0.3) is 0 Å². The predicted molar refractivity (Wildman–Crippen MR) is 69.0 cm³/mol. The Hall–Kier alpha value is -1.10. The van der Waals surface area contributed by atoms with Crippen LogP contribution >= 0.6 is 11.3 Å². The normalized spacial score (nSPS) is 10.8. The first kappa shape index (κ1) is 12.4. The largest absolute Gasteiger partial charge is 0.467 e. The molecule has 2 aromatic rings. The molecule has 0 aliphatic rings. The summed E-state index contributed by atoms with van der Waals surface area (Å²) in [6.07, 6.45) is 2.69. The third-order valence-electron chi connectivity index (χ3n) is 2.38. The number of furan rings is 1. The molecule has 0 saturated carbocycles. The molecule has 1 N–H and O–H groups in total. The fourth-order valence-corrected chi connectivity index (χ4v) is 2.16. The molecule has 0 atom stereocenters. The van der Waals surface area contributed by atoms with E-state index in [1.807, 2.05) is 12.1 Å². The van der Waals surface area contributed by atoms with E-state index in [-0.39, 0.29) is 0 Å². The summed E-state index contributed by atoms with van der Waals surface area (Å²) in [6, 6.07) is 5.95. The maximum absolute atomic E-state index is 5.48. The van der Waals surface area contributed by atoms with E-state index in [4.69, 9.17) is 9.15 Å². The Morgan fingerprint density at radius 3 is 3.12 bits per heavy atom. The lowest BCUT2D eigenvalue weighted by molar-refractivity contribution is 0.104. The molecule has 4 heteroatoms. The lowest BCUT2D eigenvalue weighted by Gasteiger charge is -2.04. The molecular weight excluding hydrogens is 234 g/mol. The van der Waals surface area contributed by atoms with Gasteiger partial charge in [-0.2, -0.15) is 11.3 Å². The maximum Gasteiger partial charge on any atom is 0.129 e. The SMILES string of the molecule is c1coc(COCCCNCc2ccsc2)c1. The fourth-order valence-electron chi connectivity index (χ4n) is 1.49. The number of hydrogen-bond donors (Lipinski definition) is 1. The van der Waals surface area contributed by atoms with E-state index in [1.54, 1.807) is 17.6 Å². The Morgan fingerprint density at radius 1 is 1.35 bits per heavy atom. The summed E-state index contributed by atoms with van der Waals surface area (Å²) < 4.78 is 10.7. The Labute approximate surface area is 105 Å². The van der Waals surface area contributed by atoms with E-state index in [9.17, 15) is 0 Å². The van der Waals surface area contributed by atoms with Gasteiger partial charge < -0.3 is 14.5 Å². The average molecular weight is 251 g/mol. The molecule has 2 heterocycles. The van der Waals surface area contributed by atoms with E-state index in [1.165, 1.54) is 5.56 Å². The zero-order chi connectivity index (χ0) is 11.8. The van der Waals surface area contributed by atoms with Crippen molar-refractivity contribution >= 4 is 11.3 Å². The highest BCUT2D eigenvalue weighted by Crippen LogP contribution is 2.05. The molecule has 17 heavy (non-hydrogen) atoms. The van der Waals surface area contributed by atoms with Gasteiger partial charge in [0.2, 0.25) is 0 Å². The molecule has 92 valence electrons. The lowest BCUT2D eigenvalue weighted by atomic mass is 10.3. The molecule has 0 radical (unpaired) electrons. The zero-order valence-corrected chi connectivity index (χ0v) is 10.5. The molecule has 0 amide bonds. The van der Waals surface area contributed by atoms with Crippen LogP contribution in [0.15, 0.2) is 39.6 Å². The molecule has 0 aliphatic heterocycles. The monoisotopic (exact) mass is 251 g/mol. The van der Waals surface area contributed by atoms with Crippen LogP contribution in [-0.4, -0.2) is 13.2 Å². The summed E-state index contributed by atoms with van der Waals surface area (Å²) in [6.45, 7) is 3.25. The fraction of sp³-hybridized carbons (Fsp3) is 0.385. The first-order valence-electron chi connectivity index (χ1n) is 5.77. The average Bonchev–Trinajstić information content (AvgIpc) is 3.00. The summed E-state index contributed by atoms with van der Waals surface area (Å²) in [4.78, 5) is 0. The van der Waals surface area contributed by atoms with Gasteiger partial charge in [0.25, 0.3) is 0 Å². The van der Waals surface area contributed by atoms with Gasteiger partial charge in [0, 0.05) is 13.2 Å². The van der Waals surface area contributed by atoms with Crippen LogP contribution in [0.3, 0.4) is 0 Å². The van der Waals surface area contributed by atoms with Gasteiger partial charge >= 0.3 is 0 Å². The second-order valence-corrected chi connectivity index (χ2v) is 4.57. The predicted octanol–water partition coefficient (Wildman–Crippen LogP) is 3.04. The lowest BCUT2D eigenvalue weighted by Crippen LogP contribution is -2.15. The topological polar surface area (TPSA) is 34.4 Å². The van der Waals surface area contributed by atoms with Gasteiger partial charge in [0.05, 0.1) is 6.26 Å². The molecule has 0 bridgehead atoms. The number of ether oxygens (including phenoxy) is 1. The zero-order valence-electron chi connectivity index (χ0n) is 9.72. The number of hydrogen-bond acceptors (Lipinski definition) is 4. The van der Waals surface area contributed by atoms with Gasteiger partial charge in [-0.1, -0.05) is 0 Å². The first-order chi connectivity index (χ1) is 8.45. The smallest absolute Gasteiger partial charge is 0.129 e. The molecular formula is C13H17NO2S. The van der Waals surface area contributed by atoms with Crippen molar-refractivity contribution < 1.29 is 9.15 Å². The van der Waals surface area contributed by atoms with Crippen molar-refractivity contribution in [1.29, 1.82) is 0 Å². The summed E-state index contributed by atoms with van der Waals surface area (Å²) in [5.41, 5.74) is 1.35. The van der Waals surface area contributed by atoms with Crippen molar-refractivity contribution in [2.75, 3.05) is 13.2 Å². The Bertz CT molecular complexity index is 345. The molecule has 3 nitrogen and oxygen atoms in total. The van der Waals surface area contributed by atoms with Gasteiger partial charge in [-0.05, 0) is 47.5 Å². The second kappa shape index (κ2) is 7.27. The highest BCUT2D eigenvalue weighted by atomic mass is 32.1. The Balaban J connectivity index is 1.44. The summed E-state index contributed by atoms with van der Waals surface area (Å²) in [7, 11) is 0. The number of nitrogens with one attached hydrogen (secondary N) is 1. The minimum atomic E-state index is 0.567. The van der Waals surface area contributed by atoms with Crippen LogP contribution in [0.1, 0.15) is 17.7 Å². The summed E-state index contributed by atoms with van der Waals surface area (Å²) >= 11 is 1.73. The molecule has 2 aromatic heterocycles. The molecule has 2 rings (SSSR count). The van der Waals surface area contributed by atoms with Crippen molar-refractivity contribution in [2.45, 2.75) is 19.6 Å². The van der Waals surface area contributed by atoms with Crippen LogP contribution in [0.2, 0.25) is 0 Å². The maximum atomic E-state index is 5.48. The van der Waals surface area contributed by atoms with Crippen molar-refractivity contribution in [3.8, 4) is 0 Å². The van der Waals surface area contributed by atoms with Gasteiger partial charge in [0.1, 0.15) is 12.4 Å². The number of rotatable bonds is 8. The van der Waals surface area contributed by atoms with Crippen molar-refractivity contribution in [3.63, 3.8) is 0 Å². The Kier molecular flexibility index (Phi) is 5.29. The van der Waals surface area contributed by atoms with Gasteiger partial charge in [-0.15, -0.1) is 0 Å². The van der Waals surface area contributed by atoms with E-state index >= 15 is 0 Å². The second-order valence-electron chi connectivity index (χ2n) is 3.79. The van der Waals surface area contributed by atoms with E-state index in [0.717, 1.165) is 31.9 Å². The number of thiophene rings is 1.